The Morgan fingerprint density at radius 3 is 2.41 bits per heavy atom. The van der Waals surface area contributed by atoms with Crippen LogP contribution in [-0.4, -0.2) is 65.3 Å². The molecule has 0 amide bonds. The first-order valence-electron chi connectivity index (χ1n) is 10.8. The van der Waals surface area contributed by atoms with Crippen LogP contribution in [0, 0.1) is 6.92 Å². The number of likely N-dealkylation sites (N-methyl/N-ethyl adjacent to an activating group) is 1. The number of nitrogens with one attached hydrogen (secondary N) is 1. The first-order chi connectivity index (χ1) is 15.4. The van der Waals surface area contributed by atoms with Crippen LogP contribution < -0.4 is 9.47 Å². The van der Waals surface area contributed by atoms with Gasteiger partial charge in [0.1, 0.15) is 18.5 Å². The third kappa shape index (κ3) is 7.37. The highest BCUT2D eigenvalue weighted by Gasteiger charge is 2.13. The lowest BCUT2D eigenvalue weighted by Gasteiger charge is -2.22. The normalized spacial score (nSPS) is 12.3. The van der Waals surface area contributed by atoms with Crippen LogP contribution in [0.2, 0.25) is 0 Å². The predicted octanol–water partition coefficient (Wildman–Crippen LogP) is 3.23. The first kappa shape index (κ1) is 23.8. The van der Waals surface area contributed by atoms with Crippen LogP contribution in [0.5, 0.6) is 11.5 Å². The van der Waals surface area contributed by atoms with Crippen molar-refractivity contribution >= 4 is 0 Å². The second kappa shape index (κ2) is 11.7. The van der Waals surface area contributed by atoms with E-state index in [9.17, 15) is 5.11 Å². The Kier molecular flexibility index (Phi) is 8.67. The van der Waals surface area contributed by atoms with E-state index in [2.05, 4.69) is 38.9 Å². The molecule has 1 heterocycles. The van der Waals surface area contributed by atoms with E-state index in [1.54, 1.807) is 7.11 Å². The second-order valence-electron chi connectivity index (χ2n) is 8.32. The topological polar surface area (TPSA) is 73.8 Å². The number of H-pyrrole nitrogens is 1. The molecule has 0 spiro atoms. The third-order valence-electron chi connectivity index (χ3n) is 5.10. The van der Waals surface area contributed by atoms with E-state index in [0.717, 1.165) is 36.7 Å². The van der Waals surface area contributed by atoms with Crippen LogP contribution in [-0.2, 0) is 19.6 Å². The highest BCUT2D eigenvalue weighted by molar-refractivity contribution is 5.43. The molecule has 172 valence electrons. The predicted molar refractivity (Wildman–Crippen MR) is 126 cm³/mol. The van der Waals surface area contributed by atoms with Crippen LogP contribution in [0.25, 0.3) is 0 Å². The molecule has 7 nitrogen and oxygen atoms in total. The summed E-state index contributed by atoms with van der Waals surface area (Å²) in [5.74, 6) is 2.23. The van der Waals surface area contributed by atoms with Crippen LogP contribution in [0.1, 0.15) is 22.6 Å². The number of aromatic amines is 1. The van der Waals surface area contributed by atoms with Crippen LogP contribution >= 0.6 is 0 Å². The SMILES string of the molecule is COc1ccc(CN(C)Cc2ncc(C)[nH]2)cc1OC[C@@H](O)CN(C)Cc1ccccc1. The second-order valence-corrected chi connectivity index (χ2v) is 8.32. The summed E-state index contributed by atoms with van der Waals surface area (Å²) in [6, 6.07) is 16.1. The first-order valence-corrected chi connectivity index (χ1v) is 10.8. The zero-order valence-corrected chi connectivity index (χ0v) is 19.4. The Hall–Kier alpha value is -2.87. The van der Waals surface area contributed by atoms with Gasteiger partial charge in [0.15, 0.2) is 11.5 Å². The summed E-state index contributed by atoms with van der Waals surface area (Å²) in [6.07, 6.45) is 1.23. The van der Waals surface area contributed by atoms with Gasteiger partial charge >= 0.3 is 0 Å². The zero-order chi connectivity index (χ0) is 22.9. The molecule has 1 aromatic heterocycles. The van der Waals surface area contributed by atoms with Crippen molar-refractivity contribution in [3.63, 3.8) is 0 Å². The molecule has 32 heavy (non-hydrogen) atoms. The van der Waals surface area contributed by atoms with E-state index in [1.165, 1.54) is 5.56 Å². The van der Waals surface area contributed by atoms with Crippen molar-refractivity contribution in [2.75, 3.05) is 34.4 Å². The molecule has 0 radical (unpaired) electrons. The van der Waals surface area contributed by atoms with Gasteiger partial charge in [-0.3, -0.25) is 9.80 Å². The number of hydrogen-bond donors (Lipinski definition) is 2. The van der Waals surface area contributed by atoms with Crippen molar-refractivity contribution in [2.45, 2.75) is 32.7 Å². The summed E-state index contributed by atoms with van der Waals surface area (Å²) >= 11 is 0. The molecule has 2 N–H and O–H groups in total. The maximum atomic E-state index is 10.5. The Morgan fingerprint density at radius 2 is 1.72 bits per heavy atom. The smallest absolute Gasteiger partial charge is 0.161 e. The highest BCUT2D eigenvalue weighted by atomic mass is 16.5. The fourth-order valence-electron chi connectivity index (χ4n) is 3.66. The highest BCUT2D eigenvalue weighted by Crippen LogP contribution is 2.28. The van der Waals surface area contributed by atoms with Crippen molar-refractivity contribution < 1.29 is 14.6 Å². The number of methoxy groups -OCH3 is 1. The quantitative estimate of drug-likeness (QED) is 0.452. The van der Waals surface area contributed by atoms with Crippen molar-refractivity contribution in [2.24, 2.45) is 0 Å². The van der Waals surface area contributed by atoms with Crippen LogP contribution in [0.15, 0.2) is 54.7 Å². The number of imidazole rings is 1. The maximum absolute atomic E-state index is 10.5. The van der Waals surface area contributed by atoms with Crippen LogP contribution in [0.3, 0.4) is 0 Å². The molecular formula is C25H34N4O3. The van der Waals surface area contributed by atoms with Gasteiger partial charge in [0.25, 0.3) is 0 Å². The average Bonchev–Trinajstić information content (AvgIpc) is 3.17. The maximum Gasteiger partial charge on any atom is 0.161 e. The molecular weight excluding hydrogens is 404 g/mol. The molecule has 7 heteroatoms. The van der Waals surface area contributed by atoms with Crippen molar-refractivity contribution in [1.82, 2.24) is 19.8 Å². The third-order valence-corrected chi connectivity index (χ3v) is 5.10. The van der Waals surface area contributed by atoms with Crippen molar-refractivity contribution in [1.29, 1.82) is 0 Å². The Labute approximate surface area is 190 Å². The van der Waals surface area contributed by atoms with E-state index in [0.29, 0.717) is 18.0 Å². The van der Waals surface area contributed by atoms with Gasteiger partial charge in [0.2, 0.25) is 0 Å². The Balaban J connectivity index is 1.53. The van der Waals surface area contributed by atoms with E-state index >= 15 is 0 Å². The van der Waals surface area contributed by atoms with Gasteiger partial charge < -0.3 is 19.6 Å². The number of ether oxygens (including phenoxy) is 2. The fraction of sp³-hybridized carbons (Fsp3) is 0.400. The van der Waals surface area contributed by atoms with Gasteiger partial charge in [-0.15, -0.1) is 0 Å². The van der Waals surface area contributed by atoms with Gasteiger partial charge in [-0.05, 0) is 44.3 Å². The number of rotatable bonds is 12. The molecule has 3 aromatic rings. The number of aryl methyl sites for hydroxylation is 1. The van der Waals surface area contributed by atoms with Gasteiger partial charge in [-0.25, -0.2) is 4.98 Å². The molecule has 1 atom stereocenters. The summed E-state index contributed by atoms with van der Waals surface area (Å²) in [5.41, 5.74) is 3.37. The largest absolute Gasteiger partial charge is 0.493 e. The summed E-state index contributed by atoms with van der Waals surface area (Å²) < 4.78 is 11.4. The van der Waals surface area contributed by atoms with Gasteiger partial charge in [0.05, 0.1) is 13.7 Å². The number of benzene rings is 2. The number of hydrogen-bond acceptors (Lipinski definition) is 6. The molecule has 2 aromatic carbocycles. The standard InChI is InChI=1S/C25H34N4O3/c1-19-13-26-25(27-19)17-29(3)15-21-10-11-23(31-4)24(12-21)32-18-22(30)16-28(2)14-20-8-6-5-7-9-20/h5-13,22,30H,14-18H2,1-4H3,(H,26,27)/t22-/m0/s1. The minimum absolute atomic E-state index is 0.195. The average molecular weight is 439 g/mol. The lowest BCUT2D eigenvalue weighted by atomic mass is 10.2. The molecule has 0 bridgehead atoms. The minimum Gasteiger partial charge on any atom is -0.493 e. The van der Waals surface area contributed by atoms with Crippen molar-refractivity contribution in [3.8, 4) is 11.5 Å². The number of aromatic nitrogens is 2. The Bertz CT molecular complexity index is 961. The molecule has 0 fully saturated rings. The van der Waals surface area contributed by atoms with Gasteiger partial charge in [-0.2, -0.15) is 0 Å². The monoisotopic (exact) mass is 438 g/mol. The molecule has 0 aliphatic carbocycles. The summed E-state index contributed by atoms with van der Waals surface area (Å²) in [6.45, 7) is 4.95. The van der Waals surface area contributed by atoms with Crippen molar-refractivity contribution in [3.05, 3.63) is 77.4 Å². The molecule has 3 rings (SSSR count). The number of aliphatic hydroxyl groups is 1. The molecule has 0 saturated carbocycles. The summed E-state index contributed by atoms with van der Waals surface area (Å²) in [4.78, 5) is 11.9. The van der Waals surface area contributed by atoms with E-state index in [-0.39, 0.29) is 6.61 Å². The van der Waals surface area contributed by atoms with Gasteiger partial charge in [0, 0.05) is 31.5 Å². The van der Waals surface area contributed by atoms with Gasteiger partial charge in [-0.1, -0.05) is 36.4 Å². The van der Waals surface area contributed by atoms with E-state index < -0.39 is 6.10 Å². The molecule has 0 aliphatic rings. The molecule has 0 aliphatic heterocycles. The molecule has 0 saturated heterocycles. The summed E-state index contributed by atoms with van der Waals surface area (Å²) in [5, 5.41) is 10.5. The lowest BCUT2D eigenvalue weighted by molar-refractivity contribution is 0.0732. The van der Waals surface area contributed by atoms with Crippen LogP contribution in [0.4, 0.5) is 0 Å². The molecule has 0 unspecified atom stereocenters. The lowest BCUT2D eigenvalue weighted by Crippen LogP contribution is -2.32. The van der Waals surface area contributed by atoms with E-state index in [1.807, 2.05) is 56.6 Å². The Morgan fingerprint density at radius 1 is 0.969 bits per heavy atom. The number of aliphatic hydroxyl groups excluding tert-OH is 1. The van der Waals surface area contributed by atoms with E-state index in [4.69, 9.17) is 9.47 Å². The zero-order valence-electron chi connectivity index (χ0n) is 19.4. The summed E-state index contributed by atoms with van der Waals surface area (Å²) in [7, 11) is 5.67. The fourth-order valence-corrected chi connectivity index (χ4v) is 3.66. The number of nitrogens with zero attached hydrogens (tertiary/aromatic N) is 3. The minimum atomic E-state index is -0.609.